The van der Waals surface area contributed by atoms with Crippen molar-refractivity contribution < 1.29 is 9.72 Å². The monoisotopic (exact) mass is 387 g/mol. The number of nitro groups is 1. The lowest BCUT2D eigenvalue weighted by Gasteiger charge is -2.31. The fourth-order valence-electron chi connectivity index (χ4n) is 3.40. The highest BCUT2D eigenvalue weighted by Gasteiger charge is 2.24. The number of carbonyl (C=O) groups is 1. The van der Waals surface area contributed by atoms with Crippen molar-refractivity contribution in [2.24, 2.45) is 5.92 Å². The fourth-order valence-corrected chi connectivity index (χ4v) is 4.11. The van der Waals surface area contributed by atoms with Crippen LogP contribution in [0.15, 0.2) is 41.8 Å². The molecule has 0 aliphatic carbocycles. The average Bonchev–Trinajstić information content (AvgIpc) is 3.20. The van der Waals surface area contributed by atoms with Gasteiger partial charge >= 0.3 is 0 Å². The van der Waals surface area contributed by atoms with Gasteiger partial charge in [0.1, 0.15) is 0 Å². The zero-order valence-electron chi connectivity index (χ0n) is 15.3. The number of non-ortho nitro benzene ring substituents is 1. The molecule has 6 nitrogen and oxygen atoms in total. The minimum atomic E-state index is -0.375. The second-order valence-electron chi connectivity index (χ2n) is 6.91. The molecule has 7 heteroatoms. The van der Waals surface area contributed by atoms with E-state index in [2.05, 4.69) is 21.7 Å². The Balaban J connectivity index is 1.34. The third-order valence-electron chi connectivity index (χ3n) is 5.07. The van der Waals surface area contributed by atoms with Crippen LogP contribution in [0.1, 0.15) is 23.3 Å². The number of hydrogen-bond donors (Lipinski definition) is 1. The lowest BCUT2D eigenvalue weighted by Crippen LogP contribution is -2.41. The van der Waals surface area contributed by atoms with Crippen molar-refractivity contribution in [1.29, 1.82) is 0 Å². The number of nitrogens with one attached hydrogen (secondary N) is 1. The summed E-state index contributed by atoms with van der Waals surface area (Å²) in [5, 5.41) is 15.8. The van der Waals surface area contributed by atoms with E-state index in [1.165, 1.54) is 4.88 Å². The first-order valence-corrected chi connectivity index (χ1v) is 10.3. The van der Waals surface area contributed by atoms with E-state index in [1.807, 2.05) is 18.2 Å². The molecule has 0 bridgehead atoms. The first-order chi connectivity index (χ1) is 13.1. The number of nitrogens with zero attached hydrogens (tertiary/aromatic N) is 2. The molecule has 0 spiro atoms. The third-order valence-corrected chi connectivity index (χ3v) is 6.01. The van der Waals surface area contributed by atoms with Gasteiger partial charge in [0, 0.05) is 36.0 Å². The van der Waals surface area contributed by atoms with Crippen molar-refractivity contribution >= 4 is 22.9 Å². The molecule has 0 atom stereocenters. The fraction of sp³-hybridized carbons (Fsp3) is 0.450. The normalized spacial score (nSPS) is 15.6. The molecule has 1 fully saturated rings. The van der Waals surface area contributed by atoms with E-state index >= 15 is 0 Å². The molecule has 2 aromatic rings. The summed E-state index contributed by atoms with van der Waals surface area (Å²) in [5.74, 6) is 0.297. The summed E-state index contributed by atoms with van der Waals surface area (Å²) in [6, 6.07) is 10.9. The maximum absolute atomic E-state index is 12.3. The molecular weight excluding hydrogens is 362 g/mol. The number of carbonyl (C=O) groups excluding carboxylic acids is 1. The Labute approximate surface area is 163 Å². The van der Waals surface area contributed by atoms with Gasteiger partial charge in [0.05, 0.1) is 4.92 Å². The molecule has 1 aliphatic rings. The number of piperidine rings is 1. The molecule has 2 heterocycles. The highest BCUT2D eigenvalue weighted by molar-refractivity contribution is 7.09. The van der Waals surface area contributed by atoms with Crippen molar-refractivity contribution in [3.8, 4) is 0 Å². The van der Waals surface area contributed by atoms with Crippen LogP contribution in [0.5, 0.6) is 0 Å². The molecule has 144 valence electrons. The molecule has 1 amide bonds. The number of amides is 1. The highest BCUT2D eigenvalue weighted by atomic mass is 32.1. The Hall–Kier alpha value is -2.25. The third kappa shape index (κ3) is 5.87. The second-order valence-corrected chi connectivity index (χ2v) is 7.94. The topological polar surface area (TPSA) is 75.5 Å². The molecule has 1 aromatic carbocycles. The van der Waals surface area contributed by atoms with Gasteiger partial charge in [-0.05, 0) is 55.8 Å². The minimum Gasteiger partial charge on any atom is -0.355 e. The standard InChI is InChI=1S/C20H25N3O3S/c24-20(21-11-7-19-2-1-15-27-19)17-9-13-22(14-10-17)12-8-16-3-5-18(6-4-16)23(25)26/h1-6,15,17H,7-14H2,(H,21,24). The number of benzene rings is 1. The smallest absolute Gasteiger partial charge is 0.269 e. The Morgan fingerprint density at radius 1 is 1.19 bits per heavy atom. The van der Waals surface area contributed by atoms with Crippen molar-refractivity contribution in [1.82, 2.24) is 10.2 Å². The van der Waals surface area contributed by atoms with Gasteiger partial charge in [-0.15, -0.1) is 11.3 Å². The first-order valence-electron chi connectivity index (χ1n) is 9.37. The van der Waals surface area contributed by atoms with Gasteiger partial charge in [-0.25, -0.2) is 0 Å². The van der Waals surface area contributed by atoms with Crippen molar-refractivity contribution in [2.45, 2.75) is 25.7 Å². The summed E-state index contributed by atoms with van der Waals surface area (Å²) in [4.78, 5) is 26.3. The van der Waals surface area contributed by atoms with E-state index < -0.39 is 0 Å². The molecule has 1 aromatic heterocycles. The molecule has 1 aliphatic heterocycles. The van der Waals surface area contributed by atoms with E-state index in [9.17, 15) is 14.9 Å². The Morgan fingerprint density at radius 3 is 2.56 bits per heavy atom. The molecule has 0 saturated carbocycles. The van der Waals surface area contributed by atoms with E-state index in [1.54, 1.807) is 23.5 Å². The Bertz CT molecular complexity index is 738. The van der Waals surface area contributed by atoms with Gasteiger partial charge in [-0.1, -0.05) is 18.2 Å². The summed E-state index contributed by atoms with van der Waals surface area (Å²) >= 11 is 1.72. The summed E-state index contributed by atoms with van der Waals surface area (Å²) < 4.78 is 0. The average molecular weight is 388 g/mol. The van der Waals surface area contributed by atoms with Crippen LogP contribution >= 0.6 is 11.3 Å². The molecule has 3 rings (SSSR count). The van der Waals surface area contributed by atoms with E-state index in [4.69, 9.17) is 0 Å². The van der Waals surface area contributed by atoms with E-state index in [0.29, 0.717) is 6.54 Å². The van der Waals surface area contributed by atoms with Crippen LogP contribution < -0.4 is 5.32 Å². The number of nitro benzene ring substituents is 1. The number of hydrogen-bond acceptors (Lipinski definition) is 5. The van der Waals surface area contributed by atoms with Crippen molar-refractivity contribution in [3.63, 3.8) is 0 Å². The predicted octanol–water partition coefficient (Wildman–Crippen LogP) is 3.27. The van der Waals surface area contributed by atoms with Gasteiger partial charge in [0.15, 0.2) is 0 Å². The van der Waals surface area contributed by atoms with Crippen LogP contribution in [0, 0.1) is 16.0 Å². The van der Waals surface area contributed by atoms with Gasteiger partial charge in [0.2, 0.25) is 5.91 Å². The number of thiophene rings is 1. The molecule has 1 saturated heterocycles. The van der Waals surface area contributed by atoms with Gasteiger partial charge in [0.25, 0.3) is 5.69 Å². The lowest BCUT2D eigenvalue weighted by molar-refractivity contribution is -0.384. The van der Waals surface area contributed by atoms with Gasteiger partial charge in [-0.2, -0.15) is 0 Å². The summed E-state index contributed by atoms with van der Waals surface area (Å²) in [7, 11) is 0. The van der Waals surface area contributed by atoms with Crippen LogP contribution in [0.2, 0.25) is 0 Å². The SMILES string of the molecule is O=C(NCCc1cccs1)C1CCN(CCc2ccc([N+](=O)[O-])cc2)CC1. The zero-order chi connectivity index (χ0) is 19.1. The largest absolute Gasteiger partial charge is 0.355 e. The van der Waals surface area contributed by atoms with Crippen LogP contribution in [-0.4, -0.2) is 41.9 Å². The lowest BCUT2D eigenvalue weighted by atomic mass is 9.95. The predicted molar refractivity (Wildman–Crippen MR) is 107 cm³/mol. The molecular formula is C20H25N3O3S. The van der Waals surface area contributed by atoms with Gasteiger partial charge in [-0.3, -0.25) is 14.9 Å². The van der Waals surface area contributed by atoms with E-state index in [-0.39, 0.29) is 22.4 Å². The van der Waals surface area contributed by atoms with Crippen molar-refractivity contribution in [2.75, 3.05) is 26.2 Å². The maximum Gasteiger partial charge on any atom is 0.269 e. The highest BCUT2D eigenvalue weighted by Crippen LogP contribution is 2.18. The molecule has 27 heavy (non-hydrogen) atoms. The second kappa shape index (κ2) is 9.62. The van der Waals surface area contributed by atoms with Crippen LogP contribution in [0.3, 0.4) is 0 Å². The first kappa shape index (κ1) is 19.5. The van der Waals surface area contributed by atoms with Crippen LogP contribution in [0.25, 0.3) is 0 Å². The van der Waals surface area contributed by atoms with Gasteiger partial charge < -0.3 is 10.2 Å². The molecule has 1 N–H and O–H groups in total. The summed E-state index contributed by atoms with van der Waals surface area (Å²) in [5.41, 5.74) is 1.23. The minimum absolute atomic E-state index is 0.115. The number of rotatable bonds is 8. The maximum atomic E-state index is 12.3. The Morgan fingerprint density at radius 2 is 1.93 bits per heavy atom. The zero-order valence-corrected chi connectivity index (χ0v) is 16.1. The summed E-state index contributed by atoms with van der Waals surface area (Å²) in [6.45, 7) is 3.48. The molecule has 0 radical (unpaired) electrons. The van der Waals surface area contributed by atoms with Crippen LogP contribution in [0.4, 0.5) is 5.69 Å². The van der Waals surface area contributed by atoms with Crippen molar-refractivity contribution in [3.05, 3.63) is 62.3 Å². The quantitative estimate of drug-likeness (QED) is 0.557. The summed E-state index contributed by atoms with van der Waals surface area (Å²) in [6.07, 6.45) is 3.56. The molecule has 0 unspecified atom stereocenters. The Kier molecular flexibility index (Phi) is 6.95. The number of likely N-dealkylation sites (tertiary alicyclic amines) is 1. The van der Waals surface area contributed by atoms with Crippen LogP contribution in [-0.2, 0) is 17.6 Å². The van der Waals surface area contributed by atoms with E-state index in [0.717, 1.165) is 50.9 Å².